The summed E-state index contributed by atoms with van der Waals surface area (Å²) in [6, 6.07) is 0. The van der Waals surface area contributed by atoms with Gasteiger partial charge in [0.2, 0.25) is 0 Å². The van der Waals surface area contributed by atoms with Gasteiger partial charge in [0.25, 0.3) is 7.82 Å². The Kier molecular flexibility index (Phi) is 46.7. The zero-order valence-electron chi connectivity index (χ0n) is 44.0. The Hall–Kier alpha value is -3.07. The van der Waals surface area contributed by atoms with Crippen LogP contribution in [0.2, 0.25) is 0 Å². The van der Waals surface area contributed by atoms with Gasteiger partial charge in [0.1, 0.15) is 19.8 Å². The van der Waals surface area contributed by atoms with Crippen LogP contribution in [0.4, 0.5) is 0 Å². The molecule has 0 spiro atoms. The summed E-state index contributed by atoms with van der Waals surface area (Å²) in [4.78, 5) is 37.8. The molecule has 2 unspecified atom stereocenters. The van der Waals surface area contributed by atoms with Crippen molar-refractivity contribution in [2.45, 2.75) is 213 Å². The van der Waals surface area contributed by atoms with Crippen LogP contribution in [0.15, 0.2) is 97.2 Å². The highest BCUT2D eigenvalue weighted by molar-refractivity contribution is 7.45. The van der Waals surface area contributed by atoms with E-state index in [-0.39, 0.29) is 26.1 Å². The number of carbonyl (C=O) groups excluding carboxylic acids is 2. The van der Waals surface area contributed by atoms with Crippen LogP contribution < -0.4 is 4.89 Å². The van der Waals surface area contributed by atoms with Crippen molar-refractivity contribution in [1.82, 2.24) is 0 Å². The zero-order valence-corrected chi connectivity index (χ0v) is 44.9. The van der Waals surface area contributed by atoms with E-state index in [1.165, 1.54) is 57.8 Å². The lowest BCUT2D eigenvalue weighted by molar-refractivity contribution is -0.870. The number of likely N-dealkylation sites (N-methyl/N-ethyl adjacent to an activating group) is 1. The molecule has 390 valence electrons. The molecule has 0 fully saturated rings. The Morgan fingerprint density at radius 2 is 0.794 bits per heavy atom. The van der Waals surface area contributed by atoms with Gasteiger partial charge in [0, 0.05) is 12.8 Å². The van der Waals surface area contributed by atoms with Crippen molar-refractivity contribution < 1.29 is 42.1 Å². The average molecular weight is 970 g/mol. The fraction of sp³-hybridized carbons (Fsp3) is 0.690. The van der Waals surface area contributed by atoms with Gasteiger partial charge in [0.05, 0.1) is 27.7 Å². The number of phosphoric ester groups is 1. The number of hydrogen-bond donors (Lipinski definition) is 0. The molecule has 2 atom stereocenters. The van der Waals surface area contributed by atoms with Gasteiger partial charge >= 0.3 is 11.9 Å². The Morgan fingerprint density at radius 1 is 0.456 bits per heavy atom. The van der Waals surface area contributed by atoms with E-state index in [2.05, 4.69) is 111 Å². The third-order valence-corrected chi connectivity index (χ3v) is 12.1. The fourth-order valence-electron chi connectivity index (χ4n) is 6.99. The van der Waals surface area contributed by atoms with E-state index in [9.17, 15) is 19.0 Å². The molecule has 0 aliphatic heterocycles. The summed E-state index contributed by atoms with van der Waals surface area (Å²) >= 11 is 0. The maximum atomic E-state index is 12.8. The smallest absolute Gasteiger partial charge is 0.306 e. The lowest BCUT2D eigenvalue weighted by Crippen LogP contribution is -2.37. The lowest BCUT2D eigenvalue weighted by Gasteiger charge is -2.28. The van der Waals surface area contributed by atoms with E-state index < -0.39 is 32.5 Å². The molecule has 0 aromatic carbocycles. The molecule has 0 bridgehead atoms. The van der Waals surface area contributed by atoms with E-state index >= 15 is 0 Å². The molecule has 0 N–H and O–H groups in total. The van der Waals surface area contributed by atoms with Crippen LogP contribution in [0.25, 0.3) is 0 Å². The first-order valence-electron chi connectivity index (χ1n) is 26.9. The number of hydrogen-bond acceptors (Lipinski definition) is 8. The Morgan fingerprint density at radius 3 is 1.18 bits per heavy atom. The Balaban J connectivity index is 4.24. The quantitative estimate of drug-likeness (QED) is 0.0195. The van der Waals surface area contributed by atoms with Crippen LogP contribution in [0.1, 0.15) is 206 Å². The SMILES string of the molecule is CC/C=C\C/C=C\C/C=C\C/C=C\CCCCCCCCCCCCCCC(=O)OC(COC(=O)CCCCCCCC/C=C\C/C=C\C/C=C\C/C=C\CC)COP(=O)([O-])OCC[N+](C)(C)C. The predicted octanol–water partition coefficient (Wildman–Crippen LogP) is 15.8. The lowest BCUT2D eigenvalue weighted by atomic mass is 10.0. The molecule has 0 saturated carbocycles. The maximum absolute atomic E-state index is 12.8. The normalized spacial score (nSPS) is 14.1. The molecule has 0 saturated heterocycles. The first-order valence-corrected chi connectivity index (χ1v) is 28.4. The number of allylic oxidation sites excluding steroid dienone is 16. The van der Waals surface area contributed by atoms with Gasteiger partial charge in [-0.1, -0.05) is 201 Å². The second-order valence-corrected chi connectivity index (χ2v) is 20.2. The van der Waals surface area contributed by atoms with Crippen molar-refractivity contribution in [3.63, 3.8) is 0 Å². The van der Waals surface area contributed by atoms with Gasteiger partial charge in [-0.3, -0.25) is 14.2 Å². The summed E-state index contributed by atoms with van der Waals surface area (Å²) in [5.41, 5.74) is 0. The molecule has 0 aliphatic rings. The molecule has 0 aliphatic carbocycles. The molecule has 0 heterocycles. The number of esters is 2. The number of unbranched alkanes of at least 4 members (excludes halogenated alkanes) is 18. The number of phosphoric acid groups is 1. The van der Waals surface area contributed by atoms with Gasteiger partial charge in [-0.05, 0) is 89.9 Å². The first-order chi connectivity index (χ1) is 33.0. The Bertz CT molecular complexity index is 1470. The summed E-state index contributed by atoms with van der Waals surface area (Å²) < 4.78 is 34.1. The topological polar surface area (TPSA) is 111 Å². The van der Waals surface area contributed by atoms with Crippen LogP contribution in [-0.4, -0.2) is 70.0 Å². The zero-order chi connectivity index (χ0) is 49.9. The fourth-order valence-corrected chi connectivity index (χ4v) is 7.72. The second-order valence-electron chi connectivity index (χ2n) is 18.8. The van der Waals surface area contributed by atoms with Crippen LogP contribution in [0.5, 0.6) is 0 Å². The maximum Gasteiger partial charge on any atom is 0.306 e. The number of ether oxygens (including phenoxy) is 2. The van der Waals surface area contributed by atoms with E-state index in [4.69, 9.17) is 18.5 Å². The van der Waals surface area contributed by atoms with Crippen molar-refractivity contribution in [2.24, 2.45) is 0 Å². The predicted molar refractivity (Wildman–Crippen MR) is 286 cm³/mol. The molecule has 68 heavy (non-hydrogen) atoms. The summed E-state index contributed by atoms with van der Waals surface area (Å²) in [5.74, 6) is -0.856. The number of quaternary nitrogens is 1. The van der Waals surface area contributed by atoms with Gasteiger partial charge in [-0.15, -0.1) is 0 Å². The Labute approximate surface area is 417 Å². The highest BCUT2D eigenvalue weighted by atomic mass is 31.2. The monoisotopic (exact) mass is 970 g/mol. The molecule has 0 rings (SSSR count). The highest BCUT2D eigenvalue weighted by Gasteiger charge is 2.21. The molecular weight excluding hydrogens is 870 g/mol. The van der Waals surface area contributed by atoms with Crippen molar-refractivity contribution in [3.05, 3.63) is 97.2 Å². The average Bonchev–Trinajstić information content (AvgIpc) is 3.30. The van der Waals surface area contributed by atoms with Gasteiger partial charge in [-0.2, -0.15) is 0 Å². The largest absolute Gasteiger partial charge is 0.756 e. The third-order valence-electron chi connectivity index (χ3n) is 11.1. The molecule has 0 radical (unpaired) electrons. The molecular formula is C58H100NO8P. The van der Waals surface area contributed by atoms with Gasteiger partial charge in [-0.25, -0.2) is 0 Å². The van der Waals surface area contributed by atoms with E-state index in [1.807, 2.05) is 21.1 Å². The highest BCUT2D eigenvalue weighted by Crippen LogP contribution is 2.38. The van der Waals surface area contributed by atoms with Crippen molar-refractivity contribution in [3.8, 4) is 0 Å². The van der Waals surface area contributed by atoms with Crippen LogP contribution in [-0.2, 0) is 32.7 Å². The van der Waals surface area contributed by atoms with Crippen LogP contribution >= 0.6 is 7.82 Å². The molecule has 0 amide bonds. The third kappa shape index (κ3) is 52.3. The van der Waals surface area contributed by atoms with Crippen molar-refractivity contribution in [2.75, 3.05) is 47.5 Å². The number of rotatable bonds is 48. The van der Waals surface area contributed by atoms with Gasteiger partial charge in [0.15, 0.2) is 6.10 Å². The van der Waals surface area contributed by atoms with Crippen molar-refractivity contribution >= 4 is 19.8 Å². The minimum Gasteiger partial charge on any atom is -0.756 e. The summed E-state index contributed by atoms with van der Waals surface area (Å²) in [6.07, 6.45) is 65.8. The van der Waals surface area contributed by atoms with Gasteiger partial charge < -0.3 is 27.9 Å². The van der Waals surface area contributed by atoms with Crippen LogP contribution in [0, 0.1) is 0 Å². The molecule has 0 aromatic heterocycles. The summed E-state index contributed by atoms with van der Waals surface area (Å²) in [7, 11) is 1.14. The summed E-state index contributed by atoms with van der Waals surface area (Å²) in [6.45, 7) is 3.99. The van der Waals surface area contributed by atoms with E-state index in [0.717, 1.165) is 109 Å². The van der Waals surface area contributed by atoms with E-state index in [0.29, 0.717) is 23.9 Å². The molecule has 9 nitrogen and oxygen atoms in total. The second kappa shape index (κ2) is 48.9. The number of nitrogens with zero attached hydrogens (tertiary/aromatic N) is 1. The number of carbonyl (C=O) groups is 2. The molecule has 10 heteroatoms. The minimum absolute atomic E-state index is 0.0385. The van der Waals surface area contributed by atoms with Crippen molar-refractivity contribution in [1.29, 1.82) is 0 Å². The first kappa shape index (κ1) is 64.9. The summed E-state index contributed by atoms with van der Waals surface area (Å²) in [5, 5.41) is 0. The molecule has 0 aromatic rings. The van der Waals surface area contributed by atoms with E-state index in [1.54, 1.807) is 0 Å². The van der Waals surface area contributed by atoms with Crippen LogP contribution in [0.3, 0.4) is 0 Å². The minimum atomic E-state index is -4.64. The standard InChI is InChI=1S/C58H100NO8P/c1-6-8-10-12-14-16-18-20-22-24-26-27-28-29-30-31-33-35-37-39-41-43-45-47-49-51-58(61)67-56(55-66-68(62,63)65-53-52-59(3,4)5)54-64-57(60)50-48-46-44-42-40-38-36-34-32-25-23-21-19-17-15-13-11-9-7-2/h8-11,14-17,20-23,26-27,32,34,56H,6-7,12-13,18-19,24-25,28-31,33,35-55H2,1-5H3/b10-8-,11-9-,16-14-,17-15-,22-20-,23-21-,27-26-,34-32-.